The number of carboxylic acid groups (broad SMARTS) is 1. The molecule has 1 aliphatic heterocycles. The Labute approximate surface area is 108 Å². The second-order valence-corrected chi connectivity index (χ2v) is 5.70. The zero-order valence-electron chi connectivity index (χ0n) is 10.7. The minimum absolute atomic E-state index is 0.270. The van der Waals surface area contributed by atoms with Crippen molar-refractivity contribution in [3.05, 3.63) is 0 Å². The van der Waals surface area contributed by atoms with Gasteiger partial charge in [0.2, 0.25) is 0 Å². The third kappa shape index (κ3) is 3.67. The van der Waals surface area contributed by atoms with Crippen LogP contribution in [0, 0.1) is 11.8 Å². The summed E-state index contributed by atoms with van der Waals surface area (Å²) >= 11 is 0. The van der Waals surface area contributed by atoms with E-state index in [-0.39, 0.29) is 5.92 Å². The second kappa shape index (κ2) is 5.99. The van der Waals surface area contributed by atoms with Gasteiger partial charge in [0, 0.05) is 19.7 Å². The summed E-state index contributed by atoms with van der Waals surface area (Å²) in [7, 11) is 0. The molecule has 1 heterocycles. The Hall–Kier alpha value is -0.650. The predicted octanol–water partition coefficient (Wildman–Crippen LogP) is 0.618. The molecule has 2 aliphatic rings. The normalized spacial score (nSPS) is 36.7. The minimum atomic E-state index is -0.729. The van der Waals surface area contributed by atoms with Crippen LogP contribution in [0.5, 0.6) is 0 Å². The molecule has 5 heteroatoms. The number of aliphatic hydroxyl groups is 1. The van der Waals surface area contributed by atoms with Crippen LogP contribution in [0.25, 0.3) is 0 Å². The molecule has 3 N–H and O–H groups in total. The van der Waals surface area contributed by atoms with E-state index in [0.717, 1.165) is 26.2 Å². The molecule has 2 fully saturated rings. The van der Waals surface area contributed by atoms with Crippen LogP contribution < -0.4 is 5.32 Å². The van der Waals surface area contributed by atoms with E-state index in [1.54, 1.807) is 0 Å². The first-order chi connectivity index (χ1) is 8.59. The van der Waals surface area contributed by atoms with Crippen molar-refractivity contribution < 1.29 is 19.7 Å². The van der Waals surface area contributed by atoms with Crippen molar-refractivity contribution in [1.29, 1.82) is 0 Å². The second-order valence-electron chi connectivity index (χ2n) is 5.70. The van der Waals surface area contributed by atoms with Crippen LogP contribution in [0.3, 0.4) is 0 Å². The maximum atomic E-state index is 10.8. The fraction of sp³-hybridized carbons (Fsp3) is 0.923. The Kier molecular flexibility index (Phi) is 4.59. The van der Waals surface area contributed by atoms with Gasteiger partial charge in [-0.15, -0.1) is 0 Å². The largest absolute Gasteiger partial charge is 0.481 e. The Balaban J connectivity index is 1.67. The van der Waals surface area contributed by atoms with Crippen molar-refractivity contribution in [1.82, 2.24) is 5.32 Å². The van der Waals surface area contributed by atoms with Crippen molar-refractivity contribution in [2.45, 2.75) is 37.7 Å². The summed E-state index contributed by atoms with van der Waals surface area (Å²) in [6, 6.07) is 0. The molecular formula is C13H23NO4. The summed E-state index contributed by atoms with van der Waals surface area (Å²) < 4.78 is 5.30. The fourth-order valence-electron chi connectivity index (χ4n) is 2.83. The number of hydrogen-bond donors (Lipinski definition) is 3. The fourth-order valence-corrected chi connectivity index (χ4v) is 2.83. The molecular weight excluding hydrogens is 234 g/mol. The van der Waals surface area contributed by atoms with Crippen LogP contribution in [-0.4, -0.2) is 48.1 Å². The molecule has 5 nitrogen and oxygen atoms in total. The topological polar surface area (TPSA) is 78.8 Å². The molecule has 0 aromatic heterocycles. The zero-order valence-corrected chi connectivity index (χ0v) is 10.7. The number of aliphatic carboxylic acids is 1. The van der Waals surface area contributed by atoms with E-state index in [0.29, 0.717) is 38.1 Å². The van der Waals surface area contributed by atoms with E-state index in [2.05, 4.69) is 5.32 Å². The van der Waals surface area contributed by atoms with Gasteiger partial charge in [-0.05, 0) is 38.0 Å². The van der Waals surface area contributed by atoms with Crippen LogP contribution in [-0.2, 0) is 9.53 Å². The number of hydrogen-bond acceptors (Lipinski definition) is 4. The molecule has 1 saturated carbocycles. The number of ether oxygens (including phenoxy) is 1. The van der Waals surface area contributed by atoms with Gasteiger partial charge in [-0.1, -0.05) is 0 Å². The molecule has 1 saturated heterocycles. The Morgan fingerprint density at radius 1 is 1.33 bits per heavy atom. The number of carboxylic acids is 1. The first kappa shape index (κ1) is 13.8. The van der Waals surface area contributed by atoms with Crippen molar-refractivity contribution in [2.24, 2.45) is 11.8 Å². The van der Waals surface area contributed by atoms with E-state index in [4.69, 9.17) is 9.84 Å². The van der Waals surface area contributed by atoms with E-state index in [9.17, 15) is 9.90 Å². The quantitative estimate of drug-likeness (QED) is 0.673. The maximum Gasteiger partial charge on any atom is 0.306 e. The van der Waals surface area contributed by atoms with Gasteiger partial charge in [0.05, 0.1) is 18.1 Å². The molecule has 0 spiro atoms. The molecule has 0 aromatic carbocycles. The van der Waals surface area contributed by atoms with E-state index in [1.165, 1.54) is 0 Å². The Morgan fingerprint density at radius 2 is 2.06 bits per heavy atom. The van der Waals surface area contributed by atoms with Crippen molar-refractivity contribution in [3.63, 3.8) is 0 Å². The summed E-state index contributed by atoms with van der Waals surface area (Å²) in [5, 5.41) is 22.6. The van der Waals surface area contributed by atoms with E-state index < -0.39 is 11.6 Å². The van der Waals surface area contributed by atoms with Gasteiger partial charge >= 0.3 is 5.97 Å². The van der Waals surface area contributed by atoms with Crippen LogP contribution >= 0.6 is 0 Å². The summed E-state index contributed by atoms with van der Waals surface area (Å²) in [6.45, 7) is 3.10. The zero-order chi connectivity index (χ0) is 13.0. The molecule has 0 aromatic rings. The number of nitrogens with one attached hydrogen (secondary N) is 1. The highest BCUT2D eigenvalue weighted by atomic mass is 16.5. The molecule has 1 unspecified atom stereocenters. The van der Waals surface area contributed by atoms with Gasteiger partial charge < -0.3 is 20.3 Å². The SMILES string of the molecule is O=C(O)C1CCC(O)(CNCC2CCOC2)CC1. The van der Waals surface area contributed by atoms with E-state index in [1.807, 2.05) is 0 Å². The molecule has 2 rings (SSSR count). The highest BCUT2D eigenvalue weighted by Gasteiger charge is 2.35. The molecule has 18 heavy (non-hydrogen) atoms. The van der Waals surface area contributed by atoms with Gasteiger partial charge in [0.1, 0.15) is 0 Å². The molecule has 0 amide bonds. The number of rotatable bonds is 5. The van der Waals surface area contributed by atoms with Crippen LogP contribution in [0.2, 0.25) is 0 Å². The molecule has 1 atom stereocenters. The Bertz CT molecular complexity index is 281. The van der Waals surface area contributed by atoms with Crippen molar-refractivity contribution in [3.8, 4) is 0 Å². The summed E-state index contributed by atoms with van der Waals surface area (Å²) in [5.41, 5.74) is -0.717. The first-order valence-electron chi connectivity index (χ1n) is 6.83. The smallest absolute Gasteiger partial charge is 0.306 e. The lowest BCUT2D eigenvalue weighted by Gasteiger charge is -2.35. The summed E-state index contributed by atoms with van der Waals surface area (Å²) in [4.78, 5) is 10.8. The predicted molar refractivity (Wildman–Crippen MR) is 66.3 cm³/mol. The molecule has 0 radical (unpaired) electrons. The average Bonchev–Trinajstić information content (AvgIpc) is 2.82. The van der Waals surface area contributed by atoms with Gasteiger partial charge in [-0.2, -0.15) is 0 Å². The maximum absolute atomic E-state index is 10.8. The third-order valence-corrected chi connectivity index (χ3v) is 4.18. The van der Waals surface area contributed by atoms with E-state index >= 15 is 0 Å². The highest BCUT2D eigenvalue weighted by Crippen LogP contribution is 2.31. The van der Waals surface area contributed by atoms with Crippen LogP contribution in [0.4, 0.5) is 0 Å². The van der Waals surface area contributed by atoms with Gasteiger partial charge in [0.15, 0.2) is 0 Å². The van der Waals surface area contributed by atoms with Gasteiger partial charge in [0.25, 0.3) is 0 Å². The first-order valence-corrected chi connectivity index (χ1v) is 6.83. The lowest BCUT2D eigenvalue weighted by Crippen LogP contribution is -2.45. The lowest BCUT2D eigenvalue weighted by atomic mass is 9.79. The standard InChI is InChI=1S/C13H23NO4/c15-12(16)11-1-4-13(17,5-2-11)9-14-7-10-3-6-18-8-10/h10-11,14,17H,1-9H2,(H,15,16). The highest BCUT2D eigenvalue weighted by molar-refractivity contribution is 5.70. The van der Waals surface area contributed by atoms with Gasteiger partial charge in [-0.3, -0.25) is 4.79 Å². The summed E-state index contributed by atoms with van der Waals surface area (Å²) in [5.74, 6) is -0.439. The lowest BCUT2D eigenvalue weighted by molar-refractivity contribution is -0.144. The van der Waals surface area contributed by atoms with Crippen molar-refractivity contribution >= 4 is 5.97 Å². The summed E-state index contributed by atoms with van der Waals surface area (Å²) in [6.07, 6.45) is 3.42. The Morgan fingerprint density at radius 3 is 2.61 bits per heavy atom. The van der Waals surface area contributed by atoms with Crippen molar-refractivity contribution in [2.75, 3.05) is 26.3 Å². The molecule has 1 aliphatic carbocycles. The third-order valence-electron chi connectivity index (χ3n) is 4.18. The minimum Gasteiger partial charge on any atom is -0.481 e. The average molecular weight is 257 g/mol. The van der Waals surface area contributed by atoms with Crippen LogP contribution in [0.1, 0.15) is 32.1 Å². The monoisotopic (exact) mass is 257 g/mol. The molecule has 104 valence electrons. The number of carbonyl (C=O) groups is 1. The van der Waals surface area contributed by atoms with Crippen LogP contribution in [0.15, 0.2) is 0 Å². The van der Waals surface area contributed by atoms with Gasteiger partial charge in [-0.25, -0.2) is 0 Å². The molecule has 0 bridgehead atoms.